The first-order valence-electron chi connectivity index (χ1n) is 4.32. The highest BCUT2D eigenvalue weighted by molar-refractivity contribution is 9.18. The normalized spacial score (nSPS) is 20.1. The van der Waals surface area contributed by atoms with Crippen LogP contribution in [0, 0.1) is 0 Å². The molecule has 1 heterocycles. The predicted molar refractivity (Wildman–Crippen MR) is 57.8 cm³/mol. The van der Waals surface area contributed by atoms with Gasteiger partial charge in [-0.25, -0.2) is 0 Å². The molecule has 74 valence electrons. The fourth-order valence-corrected chi connectivity index (χ4v) is 1.72. The zero-order valence-electron chi connectivity index (χ0n) is 7.74. The van der Waals surface area contributed by atoms with E-state index in [2.05, 4.69) is 21.1 Å². The highest BCUT2D eigenvalue weighted by Gasteiger charge is 2.20. The van der Waals surface area contributed by atoms with E-state index in [0.717, 1.165) is 22.4 Å². The van der Waals surface area contributed by atoms with Crippen molar-refractivity contribution in [3.05, 3.63) is 29.8 Å². The number of nitrogens with zero attached hydrogens (tertiary/aromatic N) is 1. The van der Waals surface area contributed by atoms with Gasteiger partial charge in [0.1, 0.15) is 10.4 Å². The molecule has 0 saturated heterocycles. The molecule has 0 saturated carbocycles. The largest absolute Gasteiger partial charge is 0.497 e. The summed E-state index contributed by atoms with van der Waals surface area (Å²) in [6.07, 6.45) is 0.835. The van der Waals surface area contributed by atoms with Crippen LogP contribution in [-0.4, -0.2) is 11.7 Å². The van der Waals surface area contributed by atoms with Gasteiger partial charge in [0.25, 0.3) is 0 Å². The van der Waals surface area contributed by atoms with Gasteiger partial charge in [0.05, 0.1) is 7.11 Å². The van der Waals surface area contributed by atoms with Crippen molar-refractivity contribution in [1.82, 2.24) is 0 Å². The third-order valence-electron chi connectivity index (χ3n) is 2.12. The molecule has 0 amide bonds. The highest BCUT2D eigenvalue weighted by atomic mass is 79.9. The molecular formula is C10H10BrNO2. The maximum absolute atomic E-state index is 5.23. The van der Waals surface area contributed by atoms with Gasteiger partial charge in [-0.3, -0.25) is 0 Å². The second kappa shape index (κ2) is 4.00. The van der Waals surface area contributed by atoms with E-state index in [1.165, 1.54) is 0 Å². The lowest BCUT2D eigenvalue weighted by atomic mass is 10.1. The minimum atomic E-state index is 0.0373. The van der Waals surface area contributed by atoms with Crippen LogP contribution in [0.1, 0.15) is 18.1 Å². The van der Waals surface area contributed by atoms with Crippen LogP contribution in [0.5, 0.6) is 5.75 Å². The molecule has 0 radical (unpaired) electrons. The minimum absolute atomic E-state index is 0.0373. The van der Waals surface area contributed by atoms with Crippen molar-refractivity contribution in [2.75, 3.05) is 7.11 Å². The highest BCUT2D eigenvalue weighted by Crippen LogP contribution is 2.29. The number of methoxy groups -OCH3 is 1. The van der Waals surface area contributed by atoms with Gasteiger partial charge in [-0.05, 0) is 33.6 Å². The molecular weight excluding hydrogens is 246 g/mol. The van der Waals surface area contributed by atoms with Crippen LogP contribution in [0.15, 0.2) is 29.4 Å². The van der Waals surface area contributed by atoms with Crippen LogP contribution in [0.25, 0.3) is 0 Å². The van der Waals surface area contributed by atoms with Gasteiger partial charge in [0, 0.05) is 6.42 Å². The van der Waals surface area contributed by atoms with Crippen molar-refractivity contribution in [3.63, 3.8) is 0 Å². The number of rotatable bonds is 2. The zero-order chi connectivity index (χ0) is 9.97. The van der Waals surface area contributed by atoms with E-state index in [9.17, 15) is 0 Å². The number of hydrogen-bond donors (Lipinski definition) is 0. The van der Waals surface area contributed by atoms with Gasteiger partial charge in [0.15, 0.2) is 6.10 Å². The molecule has 0 bridgehead atoms. The summed E-state index contributed by atoms with van der Waals surface area (Å²) < 4.78 is 5.93. The number of hydrogen-bond acceptors (Lipinski definition) is 3. The van der Waals surface area contributed by atoms with E-state index >= 15 is 0 Å². The van der Waals surface area contributed by atoms with Gasteiger partial charge in [0.2, 0.25) is 0 Å². The van der Waals surface area contributed by atoms with E-state index in [4.69, 9.17) is 9.57 Å². The van der Waals surface area contributed by atoms with E-state index in [1.54, 1.807) is 7.11 Å². The molecule has 0 spiro atoms. The van der Waals surface area contributed by atoms with Gasteiger partial charge >= 0.3 is 0 Å². The molecule has 0 aromatic heterocycles. The molecule has 1 atom stereocenters. The summed E-state index contributed by atoms with van der Waals surface area (Å²) in [7, 11) is 1.65. The molecule has 3 nitrogen and oxygen atoms in total. The molecule has 1 aliphatic heterocycles. The van der Waals surface area contributed by atoms with Gasteiger partial charge in [-0.2, -0.15) is 0 Å². The first-order valence-corrected chi connectivity index (χ1v) is 5.11. The monoisotopic (exact) mass is 255 g/mol. The fourth-order valence-electron chi connectivity index (χ4n) is 1.35. The maximum atomic E-state index is 5.23. The second-order valence-corrected chi connectivity index (χ2v) is 3.95. The molecule has 0 fully saturated rings. The van der Waals surface area contributed by atoms with Gasteiger partial charge < -0.3 is 9.57 Å². The van der Waals surface area contributed by atoms with Crippen LogP contribution < -0.4 is 4.74 Å². The summed E-state index contributed by atoms with van der Waals surface area (Å²) in [6.45, 7) is 0. The van der Waals surface area contributed by atoms with Crippen molar-refractivity contribution in [3.8, 4) is 5.75 Å². The second-order valence-electron chi connectivity index (χ2n) is 3.04. The first kappa shape index (κ1) is 9.52. The van der Waals surface area contributed by atoms with Crippen molar-refractivity contribution >= 4 is 20.6 Å². The molecule has 0 aliphatic carbocycles. The number of benzene rings is 1. The summed E-state index contributed by atoms with van der Waals surface area (Å²) in [6, 6.07) is 7.82. The van der Waals surface area contributed by atoms with Crippen LogP contribution >= 0.6 is 15.9 Å². The lowest BCUT2D eigenvalue weighted by Gasteiger charge is -2.08. The average Bonchev–Trinajstić information content (AvgIpc) is 2.65. The SMILES string of the molecule is COc1ccc(C2CC(Br)=NO2)cc1. The van der Waals surface area contributed by atoms with Crippen molar-refractivity contribution in [1.29, 1.82) is 0 Å². The Morgan fingerprint density at radius 3 is 2.64 bits per heavy atom. The Morgan fingerprint density at radius 2 is 2.14 bits per heavy atom. The standard InChI is InChI=1S/C10H10BrNO2/c1-13-8-4-2-7(3-5-8)9-6-10(11)12-14-9/h2-5,9H,6H2,1H3. The molecule has 2 rings (SSSR count). The molecule has 1 aromatic rings. The lowest BCUT2D eigenvalue weighted by molar-refractivity contribution is 0.0857. The summed E-state index contributed by atoms with van der Waals surface area (Å²) in [4.78, 5) is 5.23. The van der Waals surface area contributed by atoms with Crippen molar-refractivity contribution in [2.24, 2.45) is 5.16 Å². The van der Waals surface area contributed by atoms with Crippen molar-refractivity contribution in [2.45, 2.75) is 12.5 Å². The molecule has 1 aliphatic rings. The van der Waals surface area contributed by atoms with Crippen LogP contribution in [0.2, 0.25) is 0 Å². The number of halogens is 1. The summed E-state index contributed by atoms with van der Waals surface area (Å²) in [5.74, 6) is 0.853. The minimum Gasteiger partial charge on any atom is -0.497 e. The van der Waals surface area contributed by atoms with E-state index in [1.807, 2.05) is 24.3 Å². The van der Waals surface area contributed by atoms with Crippen LogP contribution in [-0.2, 0) is 4.84 Å². The lowest BCUT2D eigenvalue weighted by Crippen LogP contribution is -1.96. The quantitative estimate of drug-likeness (QED) is 0.814. The van der Waals surface area contributed by atoms with E-state index < -0.39 is 0 Å². The average molecular weight is 256 g/mol. The Bertz CT molecular complexity index is 348. The third-order valence-corrected chi connectivity index (χ3v) is 2.59. The topological polar surface area (TPSA) is 30.8 Å². The Morgan fingerprint density at radius 1 is 1.43 bits per heavy atom. The van der Waals surface area contributed by atoms with Crippen LogP contribution in [0.3, 0.4) is 0 Å². The molecule has 1 aromatic carbocycles. The smallest absolute Gasteiger partial charge is 0.158 e. The number of oxime groups is 1. The third kappa shape index (κ3) is 1.90. The summed E-state index contributed by atoms with van der Waals surface area (Å²) >= 11 is 3.30. The first-order chi connectivity index (χ1) is 6.79. The molecule has 14 heavy (non-hydrogen) atoms. The Kier molecular flexibility index (Phi) is 2.72. The Labute approximate surface area is 90.8 Å². The van der Waals surface area contributed by atoms with Gasteiger partial charge in [-0.15, -0.1) is 0 Å². The van der Waals surface area contributed by atoms with E-state index in [0.29, 0.717) is 0 Å². The predicted octanol–water partition coefficient (Wildman–Crippen LogP) is 2.87. The van der Waals surface area contributed by atoms with Gasteiger partial charge in [-0.1, -0.05) is 17.3 Å². The molecule has 4 heteroatoms. The van der Waals surface area contributed by atoms with Crippen molar-refractivity contribution < 1.29 is 9.57 Å². The molecule has 0 N–H and O–H groups in total. The fraction of sp³-hybridized carbons (Fsp3) is 0.300. The van der Waals surface area contributed by atoms with Crippen LogP contribution in [0.4, 0.5) is 0 Å². The molecule has 1 unspecified atom stereocenters. The Balaban J connectivity index is 2.11. The van der Waals surface area contributed by atoms with E-state index in [-0.39, 0.29) is 6.10 Å². The maximum Gasteiger partial charge on any atom is 0.158 e. The Hall–Kier alpha value is -1.03. The number of ether oxygens (including phenoxy) is 1. The summed E-state index contributed by atoms with van der Waals surface area (Å²) in [5, 5.41) is 3.84. The zero-order valence-corrected chi connectivity index (χ0v) is 9.32. The summed E-state index contributed by atoms with van der Waals surface area (Å²) in [5.41, 5.74) is 1.11.